The van der Waals surface area contributed by atoms with Crippen molar-refractivity contribution in [1.82, 2.24) is 9.80 Å². The lowest BCUT2D eigenvalue weighted by Crippen LogP contribution is -2.48. The topological polar surface area (TPSA) is 51.2 Å². The molecule has 1 fully saturated rings. The summed E-state index contributed by atoms with van der Waals surface area (Å²) in [5, 5.41) is 0. The van der Waals surface area contributed by atoms with Gasteiger partial charge in [-0.1, -0.05) is 12.1 Å². The summed E-state index contributed by atoms with van der Waals surface area (Å²) in [7, 11) is 3.29. The summed E-state index contributed by atoms with van der Waals surface area (Å²) in [5.41, 5.74) is 1.97. The number of piperazine rings is 1. The second-order valence-corrected chi connectivity index (χ2v) is 7.36. The number of amides is 1. The number of benzene rings is 2. The highest BCUT2D eigenvalue weighted by Gasteiger charge is 2.22. The van der Waals surface area contributed by atoms with Crippen molar-refractivity contribution in [1.29, 1.82) is 0 Å². The van der Waals surface area contributed by atoms with E-state index < -0.39 is 6.61 Å². The number of hydrogen-bond acceptors (Lipinski definition) is 5. The second kappa shape index (κ2) is 10.9. The number of rotatable bonds is 9. The molecule has 2 aromatic carbocycles. The van der Waals surface area contributed by atoms with Crippen molar-refractivity contribution in [3.8, 4) is 17.2 Å². The minimum Gasteiger partial charge on any atom is -0.497 e. The smallest absolute Gasteiger partial charge is 0.387 e. The fourth-order valence-corrected chi connectivity index (χ4v) is 3.65. The molecule has 31 heavy (non-hydrogen) atoms. The fraction of sp³-hybridized carbons (Fsp3) is 0.435. The van der Waals surface area contributed by atoms with Crippen LogP contribution in [-0.4, -0.2) is 62.7 Å². The Morgan fingerprint density at radius 2 is 1.65 bits per heavy atom. The zero-order valence-corrected chi connectivity index (χ0v) is 17.9. The standard InChI is InChI=1S/C23H28F2N2O4/c1-29-20-8-9-21(30-2)18(15-20)16-26-11-13-27(14-12-26)22(28)10-5-17-3-6-19(7-4-17)31-23(24)25/h3-4,6-9,15,23H,5,10-14,16H2,1-2H3. The van der Waals surface area contributed by atoms with Crippen LogP contribution in [-0.2, 0) is 17.8 Å². The van der Waals surface area contributed by atoms with Gasteiger partial charge in [-0.3, -0.25) is 9.69 Å². The molecule has 0 radical (unpaired) electrons. The molecule has 6 nitrogen and oxygen atoms in total. The molecule has 0 bridgehead atoms. The van der Waals surface area contributed by atoms with Gasteiger partial charge in [0.25, 0.3) is 0 Å². The number of carbonyl (C=O) groups is 1. The predicted molar refractivity (Wildman–Crippen MR) is 113 cm³/mol. The summed E-state index contributed by atoms with van der Waals surface area (Å²) < 4.78 is 39.5. The summed E-state index contributed by atoms with van der Waals surface area (Å²) >= 11 is 0. The Labute approximate surface area is 181 Å². The van der Waals surface area contributed by atoms with E-state index in [2.05, 4.69) is 9.64 Å². The van der Waals surface area contributed by atoms with Crippen molar-refractivity contribution >= 4 is 5.91 Å². The summed E-state index contributed by atoms with van der Waals surface area (Å²) in [5.74, 6) is 1.84. The Balaban J connectivity index is 1.45. The van der Waals surface area contributed by atoms with Gasteiger partial charge in [0.2, 0.25) is 5.91 Å². The third-order valence-corrected chi connectivity index (χ3v) is 5.38. The van der Waals surface area contributed by atoms with Crippen molar-refractivity contribution in [2.75, 3.05) is 40.4 Å². The van der Waals surface area contributed by atoms with Crippen LogP contribution in [0.4, 0.5) is 8.78 Å². The van der Waals surface area contributed by atoms with Gasteiger partial charge in [0.05, 0.1) is 14.2 Å². The molecule has 0 aliphatic carbocycles. The minimum absolute atomic E-state index is 0.103. The van der Waals surface area contributed by atoms with Crippen molar-refractivity contribution in [2.45, 2.75) is 26.0 Å². The normalized spacial score (nSPS) is 14.5. The average molecular weight is 434 g/mol. The number of aryl methyl sites for hydroxylation is 1. The monoisotopic (exact) mass is 434 g/mol. The zero-order chi connectivity index (χ0) is 22.2. The maximum Gasteiger partial charge on any atom is 0.387 e. The molecule has 1 saturated heterocycles. The maximum absolute atomic E-state index is 12.6. The molecule has 0 aromatic heterocycles. The quantitative estimate of drug-likeness (QED) is 0.604. The summed E-state index contributed by atoms with van der Waals surface area (Å²) in [6, 6.07) is 12.2. The van der Waals surface area contributed by atoms with Gasteiger partial charge in [0, 0.05) is 44.7 Å². The molecule has 1 amide bonds. The van der Waals surface area contributed by atoms with Crippen LogP contribution in [0.15, 0.2) is 42.5 Å². The van der Waals surface area contributed by atoms with Crippen LogP contribution in [0.5, 0.6) is 17.2 Å². The van der Waals surface area contributed by atoms with E-state index >= 15 is 0 Å². The highest BCUT2D eigenvalue weighted by Crippen LogP contribution is 2.25. The highest BCUT2D eigenvalue weighted by molar-refractivity contribution is 5.76. The van der Waals surface area contributed by atoms with Gasteiger partial charge in [0.15, 0.2) is 0 Å². The highest BCUT2D eigenvalue weighted by atomic mass is 19.3. The number of alkyl halides is 2. The first-order valence-corrected chi connectivity index (χ1v) is 10.2. The zero-order valence-electron chi connectivity index (χ0n) is 17.9. The van der Waals surface area contributed by atoms with E-state index in [9.17, 15) is 13.6 Å². The first kappa shape index (κ1) is 22.8. The first-order chi connectivity index (χ1) is 15.0. The molecule has 2 aromatic rings. The molecule has 0 unspecified atom stereocenters. The molecule has 0 N–H and O–H groups in total. The SMILES string of the molecule is COc1ccc(OC)c(CN2CCN(C(=O)CCc3ccc(OC(F)F)cc3)CC2)c1. The minimum atomic E-state index is -2.84. The number of methoxy groups -OCH3 is 2. The van der Waals surface area contributed by atoms with Crippen LogP contribution < -0.4 is 14.2 Å². The average Bonchev–Trinajstić information content (AvgIpc) is 2.78. The van der Waals surface area contributed by atoms with Gasteiger partial charge in [-0.25, -0.2) is 0 Å². The van der Waals surface area contributed by atoms with Crippen molar-refractivity contribution in [3.63, 3.8) is 0 Å². The Bertz CT molecular complexity index is 853. The van der Waals surface area contributed by atoms with Crippen molar-refractivity contribution in [2.24, 2.45) is 0 Å². The van der Waals surface area contributed by atoms with Crippen LogP contribution in [0.3, 0.4) is 0 Å². The van der Waals surface area contributed by atoms with Gasteiger partial charge < -0.3 is 19.1 Å². The number of nitrogens with zero attached hydrogens (tertiary/aromatic N) is 2. The largest absolute Gasteiger partial charge is 0.497 e. The molecule has 1 heterocycles. The van der Waals surface area contributed by atoms with E-state index in [1.54, 1.807) is 26.4 Å². The Hall–Kier alpha value is -2.87. The maximum atomic E-state index is 12.6. The third kappa shape index (κ3) is 6.55. The second-order valence-electron chi connectivity index (χ2n) is 7.36. The Kier molecular flexibility index (Phi) is 8.06. The van der Waals surface area contributed by atoms with Gasteiger partial charge in [-0.2, -0.15) is 8.78 Å². The molecule has 3 rings (SSSR count). The van der Waals surface area contributed by atoms with E-state index in [0.29, 0.717) is 25.9 Å². The van der Waals surface area contributed by atoms with Crippen LogP contribution in [0.25, 0.3) is 0 Å². The van der Waals surface area contributed by atoms with E-state index in [0.717, 1.165) is 42.3 Å². The molecular formula is C23H28F2N2O4. The van der Waals surface area contributed by atoms with Crippen LogP contribution in [0, 0.1) is 0 Å². The van der Waals surface area contributed by atoms with Crippen LogP contribution >= 0.6 is 0 Å². The van der Waals surface area contributed by atoms with Gasteiger partial charge in [0.1, 0.15) is 17.2 Å². The van der Waals surface area contributed by atoms with E-state index in [-0.39, 0.29) is 11.7 Å². The molecule has 8 heteroatoms. The lowest BCUT2D eigenvalue weighted by molar-refractivity contribution is -0.133. The van der Waals surface area contributed by atoms with E-state index in [4.69, 9.17) is 9.47 Å². The lowest BCUT2D eigenvalue weighted by atomic mass is 10.1. The molecule has 0 saturated carbocycles. The van der Waals surface area contributed by atoms with Crippen molar-refractivity contribution in [3.05, 3.63) is 53.6 Å². The summed E-state index contributed by atoms with van der Waals surface area (Å²) in [4.78, 5) is 16.8. The number of hydrogen-bond donors (Lipinski definition) is 0. The molecule has 168 valence electrons. The van der Waals surface area contributed by atoms with Crippen LogP contribution in [0.1, 0.15) is 17.5 Å². The van der Waals surface area contributed by atoms with E-state index in [1.165, 1.54) is 12.1 Å². The first-order valence-electron chi connectivity index (χ1n) is 10.2. The third-order valence-electron chi connectivity index (χ3n) is 5.38. The molecule has 1 aliphatic rings. The van der Waals surface area contributed by atoms with Gasteiger partial charge in [-0.05, 0) is 42.3 Å². The predicted octanol–water partition coefficient (Wildman–Crippen LogP) is 3.58. The number of ether oxygens (including phenoxy) is 3. The Morgan fingerprint density at radius 3 is 2.26 bits per heavy atom. The molecular weight excluding hydrogens is 406 g/mol. The summed E-state index contributed by atoms with van der Waals surface area (Å²) in [6.45, 7) is 0.807. The molecule has 1 aliphatic heterocycles. The van der Waals surface area contributed by atoms with Crippen molar-refractivity contribution < 1.29 is 27.8 Å². The fourth-order valence-electron chi connectivity index (χ4n) is 3.65. The van der Waals surface area contributed by atoms with Crippen LogP contribution in [0.2, 0.25) is 0 Å². The summed E-state index contributed by atoms with van der Waals surface area (Å²) in [6.07, 6.45) is 0.952. The molecule has 0 spiro atoms. The van der Waals surface area contributed by atoms with E-state index in [1.807, 2.05) is 23.1 Å². The molecule has 0 atom stereocenters. The van der Waals surface area contributed by atoms with Gasteiger partial charge in [-0.15, -0.1) is 0 Å². The van der Waals surface area contributed by atoms with Gasteiger partial charge >= 0.3 is 6.61 Å². The lowest BCUT2D eigenvalue weighted by Gasteiger charge is -2.35. The number of halogens is 2. The number of carbonyl (C=O) groups excluding carboxylic acids is 1. The Morgan fingerprint density at radius 1 is 0.968 bits per heavy atom.